The fraction of sp³-hybridized carbons (Fsp3) is 0.231. The highest BCUT2D eigenvalue weighted by atomic mass is 16.6. The standard InChI is InChI=1S/C13H13NO6/c1-16-9-5-12(18-3)11(17-2)4-8(9)10-6-13(14-20-10)19-7-15/h4-7H,1-3H3. The molecule has 2 rings (SSSR count). The first kappa shape index (κ1) is 13.7. The first-order valence-corrected chi connectivity index (χ1v) is 5.61. The Balaban J connectivity index is 2.50. The van der Waals surface area contributed by atoms with Crippen molar-refractivity contribution < 1.29 is 28.3 Å². The maximum atomic E-state index is 10.3. The molecule has 0 spiro atoms. The number of hydrogen-bond donors (Lipinski definition) is 0. The van der Waals surface area contributed by atoms with Crippen molar-refractivity contribution in [2.75, 3.05) is 21.3 Å². The molecule has 0 saturated carbocycles. The van der Waals surface area contributed by atoms with E-state index >= 15 is 0 Å². The third-order valence-corrected chi connectivity index (χ3v) is 2.63. The molecule has 0 aliphatic carbocycles. The summed E-state index contributed by atoms with van der Waals surface area (Å²) < 4.78 is 25.4. The van der Waals surface area contributed by atoms with Gasteiger partial charge in [-0.05, 0) is 11.2 Å². The lowest BCUT2D eigenvalue weighted by Gasteiger charge is -2.12. The molecule has 1 aromatic carbocycles. The lowest BCUT2D eigenvalue weighted by molar-refractivity contribution is -0.121. The van der Waals surface area contributed by atoms with Crippen molar-refractivity contribution in [1.82, 2.24) is 5.16 Å². The molecule has 0 fully saturated rings. The van der Waals surface area contributed by atoms with Crippen LogP contribution in [0.1, 0.15) is 0 Å². The summed E-state index contributed by atoms with van der Waals surface area (Å²) in [5, 5.41) is 3.60. The minimum atomic E-state index is 0.0619. The van der Waals surface area contributed by atoms with Gasteiger partial charge in [0.2, 0.25) is 0 Å². The van der Waals surface area contributed by atoms with Crippen LogP contribution in [0.5, 0.6) is 23.1 Å². The van der Waals surface area contributed by atoms with E-state index in [0.29, 0.717) is 28.6 Å². The average Bonchev–Trinajstić information content (AvgIpc) is 2.94. The Morgan fingerprint density at radius 1 is 1.00 bits per heavy atom. The number of carbonyl (C=O) groups excluding carboxylic acids is 1. The molecule has 20 heavy (non-hydrogen) atoms. The third kappa shape index (κ3) is 2.51. The Morgan fingerprint density at radius 2 is 1.65 bits per heavy atom. The Hall–Kier alpha value is -2.70. The first-order valence-electron chi connectivity index (χ1n) is 5.61. The van der Waals surface area contributed by atoms with Crippen molar-refractivity contribution in [3.63, 3.8) is 0 Å². The summed E-state index contributed by atoms with van der Waals surface area (Å²) >= 11 is 0. The van der Waals surface area contributed by atoms with Crippen LogP contribution in [-0.2, 0) is 4.79 Å². The fourth-order valence-corrected chi connectivity index (χ4v) is 1.71. The van der Waals surface area contributed by atoms with Crippen molar-refractivity contribution in [2.45, 2.75) is 0 Å². The molecule has 0 atom stereocenters. The molecular formula is C13H13NO6. The van der Waals surface area contributed by atoms with Gasteiger partial charge in [-0.15, -0.1) is 0 Å². The van der Waals surface area contributed by atoms with Crippen LogP contribution in [0.25, 0.3) is 11.3 Å². The molecule has 0 saturated heterocycles. The van der Waals surface area contributed by atoms with Gasteiger partial charge in [-0.3, -0.25) is 4.79 Å². The van der Waals surface area contributed by atoms with Crippen molar-refractivity contribution in [2.24, 2.45) is 0 Å². The van der Waals surface area contributed by atoms with Crippen molar-refractivity contribution >= 4 is 6.47 Å². The zero-order chi connectivity index (χ0) is 14.5. The monoisotopic (exact) mass is 279 g/mol. The molecule has 0 unspecified atom stereocenters. The highest BCUT2D eigenvalue weighted by molar-refractivity contribution is 5.71. The summed E-state index contributed by atoms with van der Waals surface area (Å²) in [6, 6.07) is 4.82. The number of methoxy groups -OCH3 is 3. The molecule has 0 bridgehead atoms. The third-order valence-electron chi connectivity index (χ3n) is 2.63. The van der Waals surface area contributed by atoms with Crippen LogP contribution in [0.3, 0.4) is 0 Å². The molecule has 106 valence electrons. The molecule has 0 amide bonds. The largest absolute Gasteiger partial charge is 0.496 e. The van der Waals surface area contributed by atoms with E-state index in [1.54, 1.807) is 12.1 Å². The highest BCUT2D eigenvalue weighted by Gasteiger charge is 2.17. The van der Waals surface area contributed by atoms with Crippen LogP contribution in [-0.4, -0.2) is 33.0 Å². The van der Waals surface area contributed by atoms with Crippen LogP contribution < -0.4 is 18.9 Å². The minimum absolute atomic E-state index is 0.0619. The molecule has 0 radical (unpaired) electrons. The molecular weight excluding hydrogens is 266 g/mol. The van der Waals surface area contributed by atoms with Gasteiger partial charge in [0.05, 0.1) is 33.0 Å². The molecule has 7 heteroatoms. The summed E-state index contributed by atoms with van der Waals surface area (Å²) in [7, 11) is 4.57. The van der Waals surface area contributed by atoms with E-state index in [4.69, 9.17) is 18.7 Å². The maximum Gasteiger partial charge on any atom is 0.299 e. The van der Waals surface area contributed by atoms with Gasteiger partial charge in [-0.1, -0.05) is 0 Å². The lowest BCUT2D eigenvalue weighted by atomic mass is 10.1. The van der Waals surface area contributed by atoms with Crippen LogP contribution in [0.15, 0.2) is 22.7 Å². The number of nitrogens with zero attached hydrogens (tertiary/aromatic N) is 1. The summed E-state index contributed by atoms with van der Waals surface area (Å²) in [6.07, 6.45) is 0. The van der Waals surface area contributed by atoms with Gasteiger partial charge in [0, 0.05) is 6.07 Å². The van der Waals surface area contributed by atoms with E-state index in [2.05, 4.69) is 9.89 Å². The van der Waals surface area contributed by atoms with E-state index in [1.165, 1.54) is 27.4 Å². The fourth-order valence-electron chi connectivity index (χ4n) is 1.71. The number of carbonyl (C=O) groups is 1. The summed E-state index contributed by atoms with van der Waals surface area (Å²) in [5.41, 5.74) is 0.596. The van der Waals surface area contributed by atoms with E-state index in [-0.39, 0.29) is 12.4 Å². The Kier molecular flexibility index (Phi) is 4.09. The number of benzene rings is 1. The topological polar surface area (TPSA) is 80.0 Å². The highest BCUT2D eigenvalue weighted by Crippen LogP contribution is 2.40. The lowest BCUT2D eigenvalue weighted by Crippen LogP contribution is -1.94. The van der Waals surface area contributed by atoms with Crippen molar-refractivity contribution in [3.8, 4) is 34.5 Å². The zero-order valence-corrected chi connectivity index (χ0v) is 11.2. The molecule has 0 aliphatic rings. The Bertz CT molecular complexity index is 607. The Labute approximate surface area is 115 Å². The molecule has 1 heterocycles. The molecule has 0 aliphatic heterocycles. The predicted octanol–water partition coefficient (Wildman–Crippen LogP) is 1.90. The Morgan fingerprint density at radius 3 is 2.25 bits per heavy atom. The van der Waals surface area contributed by atoms with Crippen LogP contribution in [0, 0.1) is 0 Å². The maximum absolute atomic E-state index is 10.3. The van der Waals surface area contributed by atoms with Gasteiger partial charge < -0.3 is 23.5 Å². The van der Waals surface area contributed by atoms with Gasteiger partial charge in [-0.25, -0.2) is 0 Å². The summed E-state index contributed by atoms with van der Waals surface area (Å²) in [6.45, 7) is 0.271. The quantitative estimate of drug-likeness (QED) is 0.747. The van der Waals surface area contributed by atoms with Crippen LogP contribution in [0.4, 0.5) is 0 Å². The van der Waals surface area contributed by atoms with Crippen LogP contribution in [0.2, 0.25) is 0 Å². The van der Waals surface area contributed by atoms with E-state index in [0.717, 1.165) is 0 Å². The van der Waals surface area contributed by atoms with Gasteiger partial charge in [0.25, 0.3) is 12.4 Å². The van der Waals surface area contributed by atoms with Gasteiger partial charge in [-0.2, -0.15) is 0 Å². The minimum Gasteiger partial charge on any atom is -0.496 e. The number of ether oxygens (including phenoxy) is 4. The van der Waals surface area contributed by atoms with Gasteiger partial charge in [0.1, 0.15) is 5.75 Å². The number of rotatable bonds is 6. The van der Waals surface area contributed by atoms with Crippen molar-refractivity contribution in [3.05, 3.63) is 18.2 Å². The first-order chi connectivity index (χ1) is 9.73. The predicted molar refractivity (Wildman–Crippen MR) is 68.3 cm³/mol. The summed E-state index contributed by atoms with van der Waals surface area (Å²) in [5.74, 6) is 1.98. The van der Waals surface area contributed by atoms with Gasteiger partial charge in [0.15, 0.2) is 17.3 Å². The molecule has 7 nitrogen and oxygen atoms in total. The van der Waals surface area contributed by atoms with Gasteiger partial charge >= 0.3 is 0 Å². The van der Waals surface area contributed by atoms with E-state index < -0.39 is 0 Å². The summed E-state index contributed by atoms with van der Waals surface area (Å²) in [4.78, 5) is 10.3. The normalized spacial score (nSPS) is 9.95. The number of hydrogen-bond acceptors (Lipinski definition) is 7. The average molecular weight is 279 g/mol. The number of aromatic nitrogens is 1. The molecule has 1 aromatic heterocycles. The smallest absolute Gasteiger partial charge is 0.299 e. The second-order valence-electron chi connectivity index (χ2n) is 3.65. The van der Waals surface area contributed by atoms with E-state index in [1.807, 2.05) is 0 Å². The molecule has 2 aromatic rings. The second kappa shape index (κ2) is 5.96. The van der Waals surface area contributed by atoms with E-state index in [9.17, 15) is 4.79 Å². The van der Waals surface area contributed by atoms with Crippen molar-refractivity contribution in [1.29, 1.82) is 0 Å². The zero-order valence-electron chi connectivity index (χ0n) is 11.2. The SMILES string of the molecule is COc1cc(OC)c(-c2cc(OC=O)no2)cc1OC. The second-order valence-corrected chi connectivity index (χ2v) is 3.65. The molecule has 0 N–H and O–H groups in total. The van der Waals surface area contributed by atoms with Crippen LogP contribution >= 0.6 is 0 Å².